The molecular formula is C11H20O. The molecule has 0 radical (unpaired) electrons. The monoisotopic (exact) mass is 168 g/mol. The Kier molecular flexibility index (Phi) is 9.66. The predicted molar refractivity (Wildman–Crippen MR) is 54.3 cm³/mol. The number of hydrogen-bond acceptors (Lipinski definition) is 1. The van der Waals surface area contributed by atoms with Crippen LogP contribution in [0.15, 0.2) is 24.5 Å². The Morgan fingerprint density at radius 3 is 2.25 bits per heavy atom. The molecule has 0 spiro atoms. The predicted octanol–water partition coefficient (Wildman–Crippen LogP) is 3.97. The zero-order valence-electron chi connectivity index (χ0n) is 8.00. The smallest absolute Gasteiger partial charge is 0.0751 e. The number of hydrogen-bond donors (Lipinski definition) is 1. The van der Waals surface area contributed by atoms with Crippen LogP contribution >= 0.6 is 0 Å². The molecule has 0 saturated heterocycles. The van der Waals surface area contributed by atoms with Crippen LogP contribution in [-0.2, 0) is 0 Å². The fourth-order valence-corrected chi connectivity index (χ4v) is 1.01. The molecule has 70 valence electrons. The van der Waals surface area contributed by atoms with Crippen molar-refractivity contribution in [2.45, 2.75) is 45.4 Å². The highest BCUT2D eigenvalue weighted by molar-refractivity contribution is 4.85. The molecule has 0 bridgehead atoms. The second kappa shape index (κ2) is 10.3. The molecule has 1 heteroatoms. The number of aliphatic hydroxyl groups excluding tert-OH is 1. The average Bonchev–Trinajstić information content (AvgIpc) is 2.10. The molecule has 0 heterocycles. The van der Waals surface area contributed by atoms with Gasteiger partial charge in [-0.1, -0.05) is 31.9 Å². The summed E-state index contributed by atoms with van der Waals surface area (Å²) in [5, 5.41) is 8.33. The van der Waals surface area contributed by atoms with Crippen molar-refractivity contribution in [3.05, 3.63) is 24.5 Å². The zero-order valence-corrected chi connectivity index (χ0v) is 8.00. The van der Waals surface area contributed by atoms with Crippen LogP contribution in [0.25, 0.3) is 0 Å². The van der Waals surface area contributed by atoms with Gasteiger partial charge in [-0.2, -0.15) is 0 Å². The highest BCUT2D eigenvalue weighted by atomic mass is 16.2. The second-order valence-corrected chi connectivity index (χ2v) is 2.93. The van der Waals surface area contributed by atoms with Crippen LogP contribution in [0.3, 0.4) is 0 Å². The summed E-state index contributed by atoms with van der Waals surface area (Å²) in [6, 6.07) is 0. The normalized spacial score (nSPS) is 11.8. The van der Waals surface area contributed by atoms with Gasteiger partial charge in [0.2, 0.25) is 0 Å². The second-order valence-electron chi connectivity index (χ2n) is 2.93. The highest BCUT2D eigenvalue weighted by Crippen LogP contribution is 2.01. The van der Waals surface area contributed by atoms with E-state index in [0.717, 1.165) is 19.1 Å². The third kappa shape index (κ3) is 9.28. The minimum absolute atomic E-state index is 0.945. The number of aliphatic hydroxyl groups is 1. The van der Waals surface area contributed by atoms with Gasteiger partial charge >= 0.3 is 0 Å². The fraction of sp³-hybridized carbons (Fsp3) is 0.636. The van der Waals surface area contributed by atoms with Gasteiger partial charge in [0.25, 0.3) is 0 Å². The SMILES string of the molecule is CCCCC/C=C/CC/C=C/O. The van der Waals surface area contributed by atoms with E-state index in [1.807, 2.05) is 0 Å². The Morgan fingerprint density at radius 1 is 0.917 bits per heavy atom. The van der Waals surface area contributed by atoms with Crippen LogP contribution in [0.4, 0.5) is 0 Å². The molecule has 0 aliphatic heterocycles. The minimum Gasteiger partial charge on any atom is -0.516 e. The fourth-order valence-electron chi connectivity index (χ4n) is 1.01. The molecule has 0 saturated carbocycles. The van der Waals surface area contributed by atoms with Gasteiger partial charge in [0, 0.05) is 0 Å². The zero-order chi connectivity index (χ0) is 9.07. The van der Waals surface area contributed by atoms with E-state index in [-0.39, 0.29) is 0 Å². The molecule has 12 heavy (non-hydrogen) atoms. The molecule has 0 unspecified atom stereocenters. The summed E-state index contributed by atoms with van der Waals surface area (Å²) in [5.41, 5.74) is 0. The van der Waals surface area contributed by atoms with Crippen molar-refractivity contribution in [3.63, 3.8) is 0 Å². The molecule has 0 aromatic heterocycles. The first-order valence-corrected chi connectivity index (χ1v) is 4.86. The number of rotatable bonds is 7. The summed E-state index contributed by atoms with van der Waals surface area (Å²) in [5.74, 6) is 0. The minimum atomic E-state index is 0.945. The third-order valence-corrected chi connectivity index (χ3v) is 1.75. The lowest BCUT2D eigenvalue weighted by molar-refractivity contribution is 0.471. The molecule has 0 aliphatic rings. The van der Waals surface area contributed by atoms with E-state index >= 15 is 0 Å². The topological polar surface area (TPSA) is 20.2 Å². The van der Waals surface area contributed by atoms with E-state index in [4.69, 9.17) is 5.11 Å². The maximum Gasteiger partial charge on any atom is 0.0751 e. The first kappa shape index (κ1) is 11.3. The molecule has 0 atom stereocenters. The van der Waals surface area contributed by atoms with Crippen molar-refractivity contribution in [1.29, 1.82) is 0 Å². The quantitative estimate of drug-likeness (QED) is 0.346. The van der Waals surface area contributed by atoms with Crippen molar-refractivity contribution in [2.24, 2.45) is 0 Å². The summed E-state index contributed by atoms with van der Waals surface area (Å²) >= 11 is 0. The van der Waals surface area contributed by atoms with Crippen LogP contribution in [0.1, 0.15) is 45.4 Å². The molecule has 0 fully saturated rings. The van der Waals surface area contributed by atoms with Crippen LogP contribution in [0, 0.1) is 0 Å². The maximum absolute atomic E-state index is 8.33. The maximum atomic E-state index is 8.33. The van der Waals surface area contributed by atoms with Gasteiger partial charge in [0.15, 0.2) is 0 Å². The molecule has 0 amide bonds. The lowest BCUT2D eigenvalue weighted by Gasteiger charge is -1.91. The van der Waals surface area contributed by atoms with E-state index in [1.54, 1.807) is 6.08 Å². The first-order chi connectivity index (χ1) is 5.91. The molecule has 1 N–H and O–H groups in total. The lowest BCUT2D eigenvalue weighted by atomic mass is 10.2. The van der Waals surface area contributed by atoms with Crippen molar-refractivity contribution >= 4 is 0 Å². The van der Waals surface area contributed by atoms with Gasteiger partial charge in [-0.3, -0.25) is 0 Å². The summed E-state index contributed by atoms with van der Waals surface area (Å²) in [7, 11) is 0. The van der Waals surface area contributed by atoms with E-state index in [9.17, 15) is 0 Å². The molecular weight excluding hydrogens is 148 g/mol. The Balaban J connectivity index is 3.03. The van der Waals surface area contributed by atoms with Crippen molar-refractivity contribution < 1.29 is 5.11 Å². The van der Waals surface area contributed by atoms with Crippen molar-refractivity contribution in [2.75, 3.05) is 0 Å². The van der Waals surface area contributed by atoms with Gasteiger partial charge in [-0.25, -0.2) is 0 Å². The van der Waals surface area contributed by atoms with Gasteiger partial charge < -0.3 is 5.11 Å². The van der Waals surface area contributed by atoms with E-state index in [2.05, 4.69) is 19.1 Å². The summed E-state index contributed by atoms with van der Waals surface area (Å²) < 4.78 is 0. The number of unbranched alkanes of at least 4 members (excludes halogenated alkanes) is 4. The molecule has 0 aromatic rings. The summed E-state index contributed by atoms with van der Waals surface area (Å²) in [6.45, 7) is 2.22. The van der Waals surface area contributed by atoms with Crippen molar-refractivity contribution in [3.8, 4) is 0 Å². The summed E-state index contributed by atoms with van der Waals surface area (Å²) in [6.07, 6.45) is 14.4. The lowest BCUT2D eigenvalue weighted by Crippen LogP contribution is -1.71. The van der Waals surface area contributed by atoms with Gasteiger partial charge in [0.1, 0.15) is 0 Å². The molecule has 0 aliphatic carbocycles. The van der Waals surface area contributed by atoms with Crippen LogP contribution < -0.4 is 0 Å². The Labute approximate surface area is 75.8 Å². The van der Waals surface area contributed by atoms with E-state index in [1.165, 1.54) is 25.7 Å². The molecule has 1 nitrogen and oxygen atoms in total. The van der Waals surface area contributed by atoms with Crippen LogP contribution in [0.2, 0.25) is 0 Å². The highest BCUT2D eigenvalue weighted by Gasteiger charge is 1.81. The van der Waals surface area contributed by atoms with Crippen LogP contribution in [0.5, 0.6) is 0 Å². The largest absolute Gasteiger partial charge is 0.516 e. The van der Waals surface area contributed by atoms with Gasteiger partial charge in [-0.05, 0) is 31.8 Å². The number of allylic oxidation sites excluding steroid dienone is 3. The van der Waals surface area contributed by atoms with Crippen LogP contribution in [-0.4, -0.2) is 5.11 Å². The van der Waals surface area contributed by atoms with E-state index in [0.29, 0.717) is 0 Å². The molecule has 0 aromatic carbocycles. The van der Waals surface area contributed by atoms with Gasteiger partial charge in [0.05, 0.1) is 6.26 Å². The Bertz CT molecular complexity index is 125. The Hall–Kier alpha value is -0.720. The molecule has 0 rings (SSSR count). The Morgan fingerprint density at radius 2 is 1.58 bits per heavy atom. The van der Waals surface area contributed by atoms with Crippen molar-refractivity contribution in [1.82, 2.24) is 0 Å². The summed E-state index contributed by atoms with van der Waals surface area (Å²) in [4.78, 5) is 0. The van der Waals surface area contributed by atoms with Gasteiger partial charge in [-0.15, -0.1) is 0 Å². The van der Waals surface area contributed by atoms with E-state index < -0.39 is 0 Å². The average molecular weight is 168 g/mol. The first-order valence-electron chi connectivity index (χ1n) is 4.86. The standard InChI is InChI=1S/C11H20O/c1-2-3-4-5-6-7-8-9-10-11-12/h6-7,10-12H,2-5,8-9H2,1H3/b7-6+,11-10+. The third-order valence-electron chi connectivity index (χ3n) is 1.75.